The summed E-state index contributed by atoms with van der Waals surface area (Å²) >= 11 is 1.28. The van der Waals surface area contributed by atoms with Gasteiger partial charge in [0, 0.05) is 32.0 Å². The highest BCUT2D eigenvalue weighted by Crippen LogP contribution is 2.19. The van der Waals surface area contributed by atoms with Gasteiger partial charge >= 0.3 is 0 Å². The third-order valence-corrected chi connectivity index (χ3v) is 4.19. The Hall–Kier alpha value is -2.00. The Kier molecular flexibility index (Phi) is 6.27. The standard InChI is InChI=1S/C15H23N5O3S/c1-10(2)23-7-5-6-16-12(21)9-19(4)15-18-20-13(22)8-11(3)17-14(20)24-15/h8,10H,5-7,9H2,1-4H3,(H,16,21). The first-order chi connectivity index (χ1) is 11.4. The molecule has 0 radical (unpaired) electrons. The monoisotopic (exact) mass is 353 g/mol. The van der Waals surface area contributed by atoms with Crippen molar-refractivity contribution in [3.05, 3.63) is 22.1 Å². The maximum Gasteiger partial charge on any atom is 0.275 e. The first kappa shape index (κ1) is 18.3. The summed E-state index contributed by atoms with van der Waals surface area (Å²) in [4.78, 5) is 30.3. The fourth-order valence-electron chi connectivity index (χ4n) is 2.02. The summed E-state index contributed by atoms with van der Waals surface area (Å²) in [6, 6.07) is 1.43. The van der Waals surface area contributed by atoms with Gasteiger partial charge in [-0.15, -0.1) is 5.10 Å². The molecule has 2 heterocycles. The van der Waals surface area contributed by atoms with E-state index in [9.17, 15) is 9.59 Å². The molecule has 0 fully saturated rings. The highest BCUT2D eigenvalue weighted by atomic mass is 32.1. The molecule has 0 spiro atoms. The molecule has 2 aromatic heterocycles. The lowest BCUT2D eigenvalue weighted by Crippen LogP contribution is -2.36. The Morgan fingerprint density at radius 2 is 2.25 bits per heavy atom. The predicted octanol–water partition coefficient (Wildman–Crippen LogP) is 0.827. The van der Waals surface area contributed by atoms with Gasteiger partial charge in [0.15, 0.2) is 0 Å². The average Bonchev–Trinajstić information content (AvgIpc) is 2.90. The van der Waals surface area contributed by atoms with Crippen molar-refractivity contribution in [3.63, 3.8) is 0 Å². The molecule has 2 aromatic rings. The third kappa shape index (κ3) is 5.00. The van der Waals surface area contributed by atoms with Crippen LogP contribution in [-0.4, -0.2) is 53.4 Å². The van der Waals surface area contributed by atoms with Crippen LogP contribution in [0, 0.1) is 6.92 Å². The zero-order valence-electron chi connectivity index (χ0n) is 14.4. The molecule has 0 saturated heterocycles. The number of hydrogen-bond acceptors (Lipinski definition) is 7. The number of rotatable bonds is 8. The van der Waals surface area contributed by atoms with Crippen molar-refractivity contribution in [1.29, 1.82) is 0 Å². The number of nitrogens with one attached hydrogen (secondary N) is 1. The third-order valence-electron chi connectivity index (χ3n) is 3.16. The summed E-state index contributed by atoms with van der Waals surface area (Å²) in [6.07, 6.45) is 0.972. The molecule has 0 atom stereocenters. The van der Waals surface area contributed by atoms with Gasteiger partial charge in [-0.2, -0.15) is 4.52 Å². The average molecular weight is 353 g/mol. The number of carbonyl (C=O) groups is 1. The van der Waals surface area contributed by atoms with Crippen LogP contribution in [0.3, 0.4) is 0 Å². The molecule has 132 valence electrons. The topological polar surface area (TPSA) is 88.8 Å². The Morgan fingerprint density at radius 1 is 1.50 bits per heavy atom. The van der Waals surface area contributed by atoms with E-state index in [1.165, 1.54) is 21.9 Å². The molecule has 0 aromatic carbocycles. The van der Waals surface area contributed by atoms with E-state index in [1.807, 2.05) is 13.8 Å². The Labute approximate surface area is 144 Å². The SMILES string of the molecule is Cc1cc(=O)n2nc(N(C)CC(=O)NCCCOC(C)C)sc2n1. The molecule has 1 amide bonds. The van der Waals surface area contributed by atoms with Crippen molar-refractivity contribution in [3.8, 4) is 0 Å². The second kappa shape index (κ2) is 8.20. The minimum Gasteiger partial charge on any atom is -0.379 e. The first-order valence-electron chi connectivity index (χ1n) is 7.84. The molecule has 0 unspecified atom stereocenters. The minimum atomic E-state index is -0.219. The van der Waals surface area contributed by atoms with Gasteiger partial charge in [0.05, 0.1) is 12.6 Å². The number of aryl methyl sites for hydroxylation is 1. The van der Waals surface area contributed by atoms with Crippen molar-refractivity contribution in [2.45, 2.75) is 33.3 Å². The maximum absolute atomic E-state index is 12.0. The van der Waals surface area contributed by atoms with E-state index in [1.54, 1.807) is 18.9 Å². The molecule has 0 aliphatic carbocycles. The summed E-state index contributed by atoms with van der Waals surface area (Å²) < 4.78 is 6.67. The molecule has 0 bridgehead atoms. The second-order valence-electron chi connectivity index (χ2n) is 5.79. The van der Waals surface area contributed by atoms with E-state index in [4.69, 9.17) is 4.74 Å². The number of carbonyl (C=O) groups excluding carboxylic acids is 1. The van der Waals surface area contributed by atoms with Crippen molar-refractivity contribution in [1.82, 2.24) is 19.9 Å². The van der Waals surface area contributed by atoms with Crippen molar-refractivity contribution in [2.24, 2.45) is 0 Å². The first-order valence-corrected chi connectivity index (χ1v) is 8.65. The summed E-state index contributed by atoms with van der Waals surface area (Å²) in [5.41, 5.74) is 0.433. The van der Waals surface area contributed by atoms with Crippen molar-refractivity contribution >= 4 is 27.3 Å². The quantitative estimate of drug-likeness (QED) is 0.707. The van der Waals surface area contributed by atoms with Gasteiger partial charge < -0.3 is 15.0 Å². The zero-order valence-corrected chi connectivity index (χ0v) is 15.2. The fraction of sp³-hybridized carbons (Fsp3) is 0.600. The van der Waals surface area contributed by atoms with Crippen LogP contribution in [0.15, 0.2) is 10.9 Å². The van der Waals surface area contributed by atoms with Gasteiger partial charge in [0.2, 0.25) is 16.0 Å². The van der Waals surface area contributed by atoms with Crippen LogP contribution in [0.1, 0.15) is 26.0 Å². The highest BCUT2D eigenvalue weighted by molar-refractivity contribution is 7.20. The Balaban J connectivity index is 1.88. The molecule has 24 heavy (non-hydrogen) atoms. The summed E-state index contributed by atoms with van der Waals surface area (Å²) in [7, 11) is 1.76. The van der Waals surface area contributed by atoms with E-state index in [-0.39, 0.29) is 24.1 Å². The molecule has 1 N–H and O–H groups in total. The van der Waals surface area contributed by atoms with Crippen LogP contribution in [0.5, 0.6) is 0 Å². The van der Waals surface area contributed by atoms with Crippen LogP contribution in [0.4, 0.5) is 5.13 Å². The van der Waals surface area contributed by atoms with Gasteiger partial charge in [-0.3, -0.25) is 9.59 Å². The molecule has 8 nitrogen and oxygen atoms in total. The predicted molar refractivity (Wildman–Crippen MR) is 93.9 cm³/mol. The summed E-state index contributed by atoms with van der Waals surface area (Å²) in [5, 5.41) is 7.64. The summed E-state index contributed by atoms with van der Waals surface area (Å²) in [6.45, 7) is 7.08. The fourth-order valence-corrected chi connectivity index (χ4v) is 2.94. The number of nitrogens with zero attached hydrogens (tertiary/aromatic N) is 4. The molecule has 2 rings (SSSR count). The zero-order chi connectivity index (χ0) is 17.7. The van der Waals surface area contributed by atoms with E-state index in [0.717, 1.165) is 6.42 Å². The van der Waals surface area contributed by atoms with Crippen LogP contribution in [-0.2, 0) is 9.53 Å². The lowest BCUT2D eigenvalue weighted by atomic mass is 10.4. The molecule has 9 heteroatoms. The Bertz CT molecular complexity index is 755. The van der Waals surface area contributed by atoms with Crippen LogP contribution >= 0.6 is 11.3 Å². The molecular weight excluding hydrogens is 330 g/mol. The van der Waals surface area contributed by atoms with Gasteiger partial charge in [-0.1, -0.05) is 11.3 Å². The number of fused-ring (bicyclic) bond motifs is 1. The maximum atomic E-state index is 12.0. The number of amides is 1. The molecule has 0 aliphatic rings. The van der Waals surface area contributed by atoms with Crippen LogP contribution in [0.2, 0.25) is 0 Å². The molecule has 0 saturated carbocycles. The number of anilines is 1. The lowest BCUT2D eigenvalue weighted by molar-refractivity contribution is -0.119. The number of ether oxygens (including phenoxy) is 1. The summed E-state index contributed by atoms with van der Waals surface area (Å²) in [5.74, 6) is -0.0993. The van der Waals surface area contributed by atoms with E-state index in [0.29, 0.717) is 28.9 Å². The van der Waals surface area contributed by atoms with Crippen LogP contribution < -0.4 is 15.8 Å². The number of aromatic nitrogens is 3. The van der Waals surface area contributed by atoms with E-state index in [2.05, 4.69) is 15.4 Å². The van der Waals surface area contributed by atoms with Crippen molar-refractivity contribution < 1.29 is 9.53 Å². The number of likely N-dealkylation sites (N-methyl/N-ethyl adjacent to an activating group) is 1. The van der Waals surface area contributed by atoms with Crippen molar-refractivity contribution in [2.75, 3.05) is 31.6 Å². The second-order valence-corrected chi connectivity index (χ2v) is 6.73. The largest absolute Gasteiger partial charge is 0.379 e. The van der Waals surface area contributed by atoms with E-state index < -0.39 is 0 Å². The van der Waals surface area contributed by atoms with Gasteiger partial charge in [-0.05, 0) is 27.2 Å². The minimum absolute atomic E-state index is 0.0993. The van der Waals surface area contributed by atoms with Gasteiger partial charge in [0.1, 0.15) is 0 Å². The normalized spacial score (nSPS) is 11.2. The smallest absolute Gasteiger partial charge is 0.275 e. The highest BCUT2D eigenvalue weighted by Gasteiger charge is 2.13. The molecular formula is C15H23N5O3S. The molecule has 0 aliphatic heterocycles. The van der Waals surface area contributed by atoms with E-state index >= 15 is 0 Å². The Morgan fingerprint density at radius 3 is 2.96 bits per heavy atom. The van der Waals surface area contributed by atoms with Gasteiger partial charge in [-0.25, -0.2) is 4.98 Å². The number of hydrogen-bond donors (Lipinski definition) is 1. The van der Waals surface area contributed by atoms with Crippen LogP contribution in [0.25, 0.3) is 4.96 Å². The lowest BCUT2D eigenvalue weighted by Gasteiger charge is -2.14. The van der Waals surface area contributed by atoms with Gasteiger partial charge in [0.25, 0.3) is 5.56 Å².